The predicted octanol–water partition coefficient (Wildman–Crippen LogP) is 6.25. The normalized spacial score (nSPS) is 22.0. The van der Waals surface area contributed by atoms with Crippen molar-refractivity contribution in [2.24, 2.45) is 0 Å². The molecule has 1 aliphatic heterocycles. The van der Waals surface area contributed by atoms with Crippen LogP contribution in [-0.4, -0.2) is 35.5 Å². The summed E-state index contributed by atoms with van der Waals surface area (Å²) in [6.45, 7) is 6.60. The SMILES string of the molecule is CCCCCCCCCCCCC/C=C/CCC1NC=C[N+]1(CC)CCO. The molecule has 0 bridgehead atoms. The average Bonchev–Trinajstić information content (AvgIpc) is 3.08. The maximum absolute atomic E-state index is 9.35. The van der Waals surface area contributed by atoms with Crippen molar-refractivity contribution in [2.75, 3.05) is 19.7 Å². The van der Waals surface area contributed by atoms with Crippen LogP contribution < -0.4 is 5.32 Å². The minimum absolute atomic E-state index is 0.255. The van der Waals surface area contributed by atoms with Crippen LogP contribution in [0.1, 0.15) is 104 Å². The Hall–Kier alpha value is -0.800. The van der Waals surface area contributed by atoms with E-state index in [4.69, 9.17) is 0 Å². The molecule has 0 saturated carbocycles. The van der Waals surface area contributed by atoms with E-state index in [9.17, 15) is 5.11 Å². The maximum atomic E-state index is 9.35. The van der Waals surface area contributed by atoms with Gasteiger partial charge in [-0.3, -0.25) is 4.48 Å². The highest BCUT2D eigenvalue weighted by Gasteiger charge is 2.35. The second-order valence-corrected chi connectivity index (χ2v) is 8.24. The minimum atomic E-state index is 0.255. The van der Waals surface area contributed by atoms with E-state index in [1.165, 1.54) is 77.0 Å². The van der Waals surface area contributed by atoms with E-state index < -0.39 is 0 Å². The zero-order chi connectivity index (χ0) is 19.6. The molecular weight excluding hydrogens is 332 g/mol. The van der Waals surface area contributed by atoms with Crippen molar-refractivity contribution < 1.29 is 9.59 Å². The molecule has 1 rings (SSSR count). The first-order valence-electron chi connectivity index (χ1n) is 11.8. The molecule has 0 radical (unpaired) electrons. The fraction of sp³-hybridized carbons (Fsp3) is 0.833. The number of aliphatic hydroxyl groups is 1. The number of unbranched alkanes of at least 4 members (excludes halogenated alkanes) is 11. The van der Waals surface area contributed by atoms with Gasteiger partial charge in [0.25, 0.3) is 0 Å². The van der Waals surface area contributed by atoms with Crippen LogP contribution in [-0.2, 0) is 0 Å². The lowest BCUT2D eigenvalue weighted by Gasteiger charge is -2.36. The summed E-state index contributed by atoms with van der Waals surface area (Å²) in [5.41, 5.74) is 0. The lowest BCUT2D eigenvalue weighted by atomic mass is 10.1. The van der Waals surface area contributed by atoms with E-state index in [2.05, 4.69) is 43.7 Å². The third kappa shape index (κ3) is 10.4. The lowest BCUT2D eigenvalue weighted by molar-refractivity contribution is -0.899. The Balaban J connectivity index is 1.94. The van der Waals surface area contributed by atoms with E-state index in [-0.39, 0.29) is 6.61 Å². The molecule has 0 aliphatic carbocycles. The number of quaternary nitrogens is 1. The Morgan fingerprint density at radius 3 is 2.04 bits per heavy atom. The van der Waals surface area contributed by atoms with Crippen molar-refractivity contribution in [2.45, 2.75) is 110 Å². The quantitative estimate of drug-likeness (QED) is 0.167. The molecule has 1 heterocycles. The molecule has 3 nitrogen and oxygen atoms in total. The van der Waals surface area contributed by atoms with Gasteiger partial charge >= 0.3 is 0 Å². The van der Waals surface area contributed by atoms with Gasteiger partial charge in [0.1, 0.15) is 12.7 Å². The van der Waals surface area contributed by atoms with E-state index in [0.717, 1.165) is 30.4 Å². The summed E-state index contributed by atoms with van der Waals surface area (Å²) < 4.78 is 0.878. The number of allylic oxidation sites excluding steroid dienone is 2. The first kappa shape index (κ1) is 24.2. The molecule has 2 atom stereocenters. The molecule has 2 unspecified atom stereocenters. The lowest BCUT2D eigenvalue weighted by Crippen LogP contribution is -2.53. The zero-order valence-corrected chi connectivity index (χ0v) is 18.3. The van der Waals surface area contributed by atoms with Crippen LogP contribution in [0.5, 0.6) is 0 Å². The fourth-order valence-corrected chi connectivity index (χ4v) is 4.21. The van der Waals surface area contributed by atoms with Gasteiger partial charge in [0.2, 0.25) is 0 Å². The van der Waals surface area contributed by atoms with E-state index in [1.807, 2.05) is 0 Å². The Morgan fingerprint density at radius 1 is 0.852 bits per heavy atom. The fourth-order valence-electron chi connectivity index (χ4n) is 4.21. The Kier molecular flexibility index (Phi) is 14.5. The highest BCUT2D eigenvalue weighted by molar-refractivity contribution is 4.88. The topological polar surface area (TPSA) is 32.3 Å². The number of hydrogen-bond donors (Lipinski definition) is 2. The molecule has 0 aromatic carbocycles. The Bertz CT molecular complexity index is 394. The molecule has 1 aliphatic rings. The monoisotopic (exact) mass is 379 g/mol. The molecule has 0 aromatic rings. The molecule has 2 N–H and O–H groups in total. The Labute approximate surface area is 169 Å². The van der Waals surface area contributed by atoms with Gasteiger partial charge < -0.3 is 10.4 Å². The summed E-state index contributed by atoms with van der Waals surface area (Å²) in [6, 6.07) is 0. The van der Waals surface area contributed by atoms with Gasteiger partial charge in [0.15, 0.2) is 6.17 Å². The van der Waals surface area contributed by atoms with Crippen LogP contribution in [0.2, 0.25) is 0 Å². The van der Waals surface area contributed by atoms with E-state index in [0.29, 0.717) is 6.17 Å². The van der Waals surface area contributed by atoms with Crippen molar-refractivity contribution in [3.8, 4) is 0 Å². The van der Waals surface area contributed by atoms with Crippen LogP contribution >= 0.6 is 0 Å². The Morgan fingerprint density at radius 2 is 1.44 bits per heavy atom. The summed E-state index contributed by atoms with van der Waals surface area (Å²) >= 11 is 0. The minimum Gasteiger partial charge on any atom is -0.390 e. The molecule has 3 heteroatoms. The number of nitrogens with zero attached hydrogens (tertiary/aromatic N) is 1. The van der Waals surface area contributed by atoms with Gasteiger partial charge in [-0.1, -0.05) is 83.3 Å². The number of aliphatic hydroxyl groups excluding tert-OH is 1. The van der Waals surface area contributed by atoms with Gasteiger partial charge in [0, 0.05) is 6.42 Å². The molecular formula is C24H47N2O+. The van der Waals surface area contributed by atoms with Gasteiger partial charge in [0.05, 0.1) is 19.4 Å². The van der Waals surface area contributed by atoms with Gasteiger partial charge in [-0.05, 0) is 26.2 Å². The van der Waals surface area contributed by atoms with Crippen molar-refractivity contribution in [3.63, 3.8) is 0 Å². The second-order valence-electron chi connectivity index (χ2n) is 8.24. The van der Waals surface area contributed by atoms with Crippen molar-refractivity contribution in [3.05, 3.63) is 24.6 Å². The number of rotatable bonds is 18. The number of likely N-dealkylation sites (N-methyl/N-ethyl adjacent to an activating group) is 1. The van der Waals surface area contributed by atoms with Crippen LogP contribution in [0, 0.1) is 0 Å². The van der Waals surface area contributed by atoms with E-state index >= 15 is 0 Å². The predicted molar refractivity (Wildman–Crippen MR) is 118 cm³/mol. The van der Waals surface area contributed by atoms with Crippen LogP contribution in [0.15, 0.2) is 24.6 Å². The third-order valence-electron chi connectivity index (χ3n) is 6.13. The van der Waals surface area contributed by atoms with Crippen LogP contribution in [0.25, 0.3) is 0 Å². The molecule has 27 heavy (non-hydrogen) atoms. The summed E-state index contributed by atoms with van der Waals surface area (Å²) in [5.74, 6) is 0. The summed E-state index contributed by atoms with van der Waals surface area (Å²) in [4.78, 5) is 0. The van der Waals surface area contributed by atoms with Crippen molar-refractivity contribution in [1.82, 2.24) is 5.32 Å². The molecule has 0 aromatic heterocycles. The highest BCUT2D eigenvalue weighted by Crippen LogP contribution is 2.21. The summed E-state index contributed by atoms with van der Waals surface area (Å²) in [7, 11) is 0. The number of hydrogen-bond acceptors (Lipinski definition) is 2. The third-order valence-corrected chi connectivity index (χ3v) is 6.13. The van der Waals surface area contributed by atoms with Crippen LogP contribution in [0.4, 0.5) is 0 Å². The van der Waals surface area contributed by atoms with Crippen molar-refractivity contribution in [1.29, 1.82) is 0 Å². The van der Waals surface area contributed by atoms with Gasteiger partial charge in [-0.25, -0.2) is 0 Å². The maximum Gasteiger partial charge on any atom is 0.166 e. The summed E-state index contributed by atoms with van der Waals surface area (Å²) in [6.07, 6.45) is 28.5. The summed E-state index contributed by atoms with van der Waals surface area (Å²) in [5, 5.41) is 12.8. The molecule has 0 amide bonds. The molecule has 0 fully saturated rings. The smallest absolute Gasteiger partial charge is 0.166 e. The van der Waals surface area contributed by atoms with Crippen LogP contribution in [0.3, 0.4) is 0 Å². The first-order valence-corrected chi connectivity index (χ1v) is 11.8. The second kappa shape index (κ2) is 16.2. The van der Waals surface area contributed by atoms with Gasteiger partial charge in [-0.2, -0.15) is 0 Å². The first-order chi connectivity index (χ1) is 13.3. The molecule has 158 valence electrons. The number of nitrogens with one attached hydrogen (secondary N) is 1. The van der Waals surface area contributed by atoms with Gasteiger partial charge in [-0.15, -0.1) is 0 Å². The largest absolute Gasteiger partial charge is 0.390 e. The highest BCUT2D eigenvalue weighted by atomic mass is 16.3. The van der Waals surface area contributed by atoms with Crippen molar-refractivity contribution >= 4 is 0 Å². The molecule has 0 saturated heterocycles. The standard InChI is InChI=1S/C24H47N2O/c1-3-5-6-7-8-9-10-11-12-13-14-15-16-17-18-19-24-25-20-21-26(24,4-2)22-23-27/h16-17,20-21,24-25,27H,3-15,18-19,22-23H2,1-2H3/q+1/b17-16+. The van der Waals surface area contributed by atoms with E-state index in [1.54, 1.807) is 0 Å². The zero-order valence-electron chi connectivity index (χ0n) is 18.3. The average molecular weight is 380 g/mol. The molecule has 0 spiro atoms.